The van der Waals surface area contributed by atoms with Crippen LogP contribution in [0.15, 0.2) is 140 Å². The summed E-state index contributed by atoms with van der Waals surface area (Å²) in [7, 11) is 0. The first kappa shape index (κ1) is 35.6. The molecular formula is C42H41N3O5. The van der Waals surface area contributed by atoms with Gasteiger partial charge in [0.1, 0.15) is 0 Å². The first-order valence-corrected chi connectivity index (χ1v) is 16.6. The number of aliphatic hydroxyl groups excluding tert-OH is 1. The SMILES string of the molecule is C[C@@H](CN1C(=O)c2ccccc2C1=O)c1ccccc1.C[C@@H](CO)c1ccccc1.N[C@@H](CN1C(=O)c2ccccc2C1=O)c1ccccc1. The molecule has 0 spiro atoms. The summed E-state index contributed by atoms with van der Waals surface area (Å²) in [6, 6.07) is 42.9. The topological polar surface area (TPSA) is 121 Å². The van der Waals surface area contributed by atoms with Crippen LogP contribution in [0, 0.1) is 0 Å². The molecule has 0 unspecified atom stereocenters. The number of hydrogen-bond donors (Lipinski definition) is 2. The predicted octanol–water partition coefficient (Wildman–Crippen LogP) is 6.85. The van der Waals surface area contributed by atoms with Crippen LogP contribution in [0.3, 0.4) is 0 Å². The summed E-state index contributed by atoms with van der Waals surface area (Å²) in [6.07, 6.45) is 0. The van der Waals surface area contributed by atoms with Crippen LogP contribution >= 0.6 is 0 Å². The minimum atomic E-state index is -0.376. The van der Waals surface area contributed by atoms with Gasteiger partial charge in [0.15, 0.2) is 0 Å². The van der Waals surface area contributed by atoms with Crippen LogP contribution in [0.1, 0.15) is 89.8 Å². The van der Waals surface area contributed by atoms with Crippen molar-refractivity contribution in [2.45, 2.75) is 31.7 Å². The molecule has 254 valence electrons. The summed E-state index contributed by atoms with van der Waals surface area (Å²) in [4.78, 5) is 51.6. The third-order valence-corrected chi connectivity index (χ3v) is 8.83. The zero-order chi connectivity index (χ0) is 35.6. The number of carbonyl (C=O) groups is 4. The Labute approximate surface area is 292 Å². The van der Waals surface area contributed by atoms with Crippen molar-refractivity contribution < 1.29 is 24.3 Å². The van der Waals surface area contributed by atoms with Crippen LogP contribution in [0.25, 0.3) is 0 Å². The molecule has 8 nitrogen and oxygen atoms in total. The molecule has 8 heteroatoms. The number of fused-ring (bicyclic) bond motifs is 2. The highest BCUT2D eigenvalue weighted by Crippen LogP contribution is 2.26. The van der Waals surface area contributed by atoms with E-state index in [-0.39, 0.29) is 54.7 Å². The lowest BCUT2D eigenvalue weighted by molar-refractivity contribution is 0.0630. The van der Waals surface area contributed by atoms with Gasteiger partial charge >= 0.3 is 0 Å². The molecule has 5 aromatic rings. The highest BCUT2D eigenvalue weighted by atomic mass is 16.3. The van der Waals surface area contributed by atoms with Gasteiger partial charge in [-0.3, -0.25) is 29.0 Å². The molecule has 2 heterocycles. The number of aliphatic hydroxyl groups is 1. The summed E-state index contributed by atoms with van der Waals surface area (Å²) in [5.41, 5.74) is 11.3. The number of hydrogen-bond acceptors (Lipinski definition) is 6. The average molecular weight is 668 g/mol. The normalized spacial score (nSPS) is 14.9. The molecule has 2 aliphatic heterocycles. The monoisotopic (exact) mass is 667 g/mol. The lowest BCUT2D eigenvalue weighted by Gasteiger charge is -2.19. The summed E-state index contributed by atoms with van der Waals surface area (Å²) in [6.45, 7) is 4.87. The van der Waals surface area contributed by atoms with Crippen LogP contribution in [-0.4, -0.2) is 58.2 Å². The molecule has 0 aromatic heterocycles. The van der Waals surface area contributed by atoms with Crippen molar-refractivity contribution >= 4 is 23.6 Å². The maximum Gasteiger partial charge on any atom is 0.261 e. The van der Waals surface area contributed by atoms with Crippen LogP contribution in [0.4, 0.5) is 0 Å². The van der Waals surface area contributed by atoms with Crippen molar-refractivity contribution in [1.29, 1.82) is 0 Å². The molecule has 5 aromatic carbocycles. The van der Waals surface area contributed by atoms with E-state index in [9.17, 15) is 19.2 Å². The number of benzene rings is 5. The van der Waals surface area contributed by atoms with Gasteiger partial charge in [-0.2, -0.15) is 0 Å². The van der Waals surface area contributed by atoms with Gasteiger partial charge < -0.3 is 10.8 Å². The van der Waals surface area contributed by atoms with Crippen LogP contribution < -0.4 is 5.73 Å². The number of imide groups is 2. The highest BCUT2D eigenvalue weighted by molar-refractivity contribution is 6.22. The molecule has 3 atom stereocenters. The quantitative estimate of drug-likeness (QED) is 0.175. The van der Waals surface area contributed by atoms with Crippen molar-refractivity contribution in [1.82, 2.24) is 9.80 Å². The summed E-state index contributed by atoms with van der Waals surface area (Å²) >= 11 is 0. The van der Waals surface area contributed by atoms with E-state index in [2.05, 4.69) is 0 Å². The van der Waals surface area contributed by atoms with Crippen LogP contribution in [0.2, 0.25) is 0 Å². The van der Waals surface area contributed by atoms with E-state index in [0.717, 1.165) is 11.1 Å². The molecule has 0 bridgehead atoms. The summed E-state index contributed by atoms with van der Waals surface area (Å²) in [5.74, 6) is -0.518. The molecule has 7 rings (SSSR count). The maximum absolute atomic E-state index is 12.3. The van der Waals surface area contributed by atoms with Gasteiger partial charge in [0, 0.05) is 31.7 Å². The Hall–Kier alpha value is -5.70. The first-order valence-electron chi connectivity index (χ1n) is 16.6. The lowest BCUT2D eigenvalue weighted by atomic mass is 10.0. The summed E-state index contributed by atoms with van der Waals surface area (Å²) in [5, 5.41) is 8.79. The fourth-order valence-corrected chi connectivity index (χ4v) is 5.86. The van der Waals surface area contributed by atoms with E-state index in [1.54, 1.807) is 48.5 Å². The fraction of sp³-hybridized carbons (Fsp3) is 0.190. The van der Waals surface area contributed by atoms with Gasteiger partial charge in [-0.1, -0.05) is 129 Å². The van der Waals surface area contributed by atoms with Gasteiger partial charge in [-0.15, -0.1) is 0 Å². The summed E-state index contributed by atoms with van der Waals surface area (Å²) < 4.78 is 0. The second-order valence-electron chi connectivity index (χ2n) is 12.4. The number of rotatable bonds is 8. The number of carbonyl (C=O) groups excluding carboxylic acids is 4. The molecule has 0 radical (unpaired) electrons. The van der Waals surface area contributed by atoms with Gasteiger partial charge in [0.2, 0.25) is 0 Å². The Morgan fingerprint density at radius 1 is 0.460 bits per heavy atom. The molecule has 50 heavy (non-hydrogen) atoms. The predicted molar refractivity (Wildman–Crippen MR) is 194 cm³/mol. The van der Waals surface area contributed by atoms with Gasteiger partial charge in [-0.25, -0.2) is 0 Å². The molecule has 4 amide bonds. The van der Waals surface area contributed by atoms with Gasteiger partial charge in [0.05, 0.1) is 22.3 Å². The minimum Gasteiger partial charge on any atom is -0.396 e. The van der Waals surface area contributed by atoms with E-state index >= 15 is 0 Å². The van der Waals surface area contributed by atoms with Crippen molar-refractivity contribution in [3.05, 3.63) is 178 Å². The second-order valence-corrected chi connectivity index (χ2v) is 12.4. The van der Waals surface area contributed by atoms with Crippen LogP contribution in [-0.2, 0) is 0 Å². The fourth-order valence-electron chi connectivity index (χ4n) is 5.86. The number of nitrogens with two attached hydrogens (primary N) is 1. The van der Waals surface area contributed by atoms with Crippen molar-refractivity contribution in [3.8, 4) is 0 Å². The van der Waals surface area contributed by atoms with Crippen LogP contribution in [0.5, 0.6) is 0 Å². The highest BCUT2D eigenvalue weighted by Gasteiger charge is 2.37. The van der Waals surface area contributed by atoms with E-state index < -0.39 is 0 Å². The van der Waals surface area contributed by atoms with E-state index in [1.807, 2.05) is 105 Å². The standard InChI is InChI=1S/C17H15NO2.C16H14N2O2.C9H12O/c1-12(13-7-3-2-4-8-13)11-18-16(19)14-9-5-6-10-15(14)17(18)20;17-14(11-6-2-1-3-7-11)10-18-15(19)12-8-4-5-9-13(12)16(18)20;1-8(7-10)9-5-3-2-4-6-9/h2-10,12H,11H2,1H3;1-9,14H,10,17H2;2-6,8,10H,7H2,1H3/t12-;14-;8-/m000/s1. The lowest BCUT2D eigenvalue weighted by Crippen LogP contribution is -2.36. The third-order valence-electron chi connectivity index (χ3n) is 8.83. The van der Waals surface area contributed by atoms with E-state index in [4.69, 9.17) is 10.8 Å². The van der Waals surface area contributed by atoms with E-state index in [1.165, 1.54) is 15.4 Å². The Kier molecular flexibility index (Phi) is 11.8. The first-order chi connectivity index (χ1) is 24.2. The second kappa shape index (κ2) is 16.6. The molecule has 0 fully saturated rings. The van der Waals surface area contributed by atoms with Crippen molar-refractivity contribution in [3.63, 3.8) is 0 Å². The smallest absolute Gasteiger partial charge is 0.261 e. The molecule has 0 aliphatic carbocycles. The zero-order valence-corrected chi connectivity index (χ0v) is 28.2. The molecule has 2 aliphatic rings. The largest absolute Gasteiger partial charge is 0.396 e. The van der Waals surface area contributed by atoms with Gasteiger partial charge in [0.25, 0.3) is 23.6 Å². The Morgan fingerprint density at radius 2 is 0.760 bits per heavy atom. The molecule has 3 N–H and O–H groups in total. The number of nitrogens with zero attached hydrogens (tertiary/aromatic N) is 2. The minimum absolute atomic E-state index is 0.124. The third kappa shape index (κ3) is 8.11. The van der Waals surface area contributed by atoms with Gasteiger partial charge in [-0.05, 0) is 46.9 Å². The average Bonchev–Trinajstić information content (AvgIpc) is 3.56. The molecule has 0 saturated heterocycles. The molecule has 0 saturated carbocycles. The van der Waals surface area contributed by atoms with E-state index in [0.29, 0.717) is 28.8 Å². The van der Waals surface area contributed by atoms with Crippen molar-refractivity contribution in [2.24, 2.45) is 5.73 Å². The zero-order valence-electron chi connectivity index (χ0n) is 28.2. The molecular weight excluding hydrogens is 626 g/mol. The Bertz CT molecular complexity index is 1740. The number of amides is 4. The Morgan fingerprint density at radius 3 is 1.12 bits per heavy atom. The Balaban J connectivity index is 0.000000154. The van der Waals surface area contributed by atoms with Crippen molar-refractivity contribution in [2.75, 3.05) is 19.7 Å². The maximum atomic E-state index is 12.3.